The number of hydrogen-bond acceptors (Lipinski definition) is 6. The number of aromatic nitrogens is 1. The number of anilines is 2. The summed E-state index contributed by atoms with van der Waals surface area (Å²) >= 11 is 0. The van der Waals surface area contributed by atoms with Crippen LogP contribution in [0.4, 0.5) is 24.7 Å². The van der Waals surface area contributed by atoms with E-state index in [-0.39, 0.29) is 34.4 Å². The van der Waals surface area contributed by atoms with Gasteiger partial charge in [-0.3, -0.25) is 9.59 Å². The molecule has 2 aromatic rings. The van der Waals surface area contributed by atoms with E-state index in [1.807, 2.05) is 4.90 Å². The van der Waals surface area contributed by atoms with Crippen molar-refractivity contribution in [1.82, 2.24) is 4.98 Å². The van der Waals surface area contributed by atoms with Gasteiger partial charge in [0.05, 0.1) is 11.3 Å². The molecule has 2 aromatic heterocycles. The lowest BCUT2D eigenvalue weighted by atomic mass is 9.62. The molecule has 7 nitrogen and oxygen atoms in total. The quantitative estimate of drug-likeness (QED) is 0.682. The summed E-state index contributed by atoms with van der Waals surface area (Å²) in [6.07, 6.45) is 0.444. The number of halogens is 3. The fourth-order valence-electron chi connectivity index (χ4n) is 5.15. The molecular weight excluding hydrogens is 451 g/mol. The van der Waals surface area contributed by atoms with Gasteiger partial charge in [-0.2, -0.15) is 13.2 Å². The van der Waals surface area contributed by atoms with Crippen LogP contribution in [-0.4, -0.2) is 43.0 Å². The molecule has 182 valence electrons. The first kappa shape index (κ1) is 22.9. The number of amides is 1. The second-order valence-electron chi connectivity index (χ2n) is 9.51. The molecule has 3 fully saturated rings. The van der Waals surface area contributed by atoms with E-state index in [1.54, 1.807) is 12.1 Å². The van der Waals surface area contributed by atoms with Gasteiger partial charge in [0.25, 0.3) is 5.91 Å². The summed E-state index contributed by atoms with van der Waals surface area (Å²) < 4.78 is 51.2. The molecule has 1 spiro atoms. The molecule has 0 unspecified atom stereocenters. The number of piperidine rings is 1. The summed E-state index contributed by atoms with van der Waals surface area (Å²) in [5.74, 6) is 0.784. The van der Waals surface area contributed by atoms with E-state index in [9.17, 15) is 22.8 Å². The molecule has 10 heteroatoms. The van der Waals surface area contributed by atoms with Crippen molar-refractivity contribution in [2.24, 2.45) is 5.41 Å². The van der Waals surface area contributed by atoms with E-state index in [0.29, 0.717) is 44.9 Å². The van der Waals surface area contributed by atoms with E-state index in [2.05, 4.69) is 10.3 Å². The molecule has 1 saturated carbocycles. The molecule has 1 N–H and O–H groups in total. The number of carbonyl (C=O) groups excluding carboxylic acids is 2. The molecule has 4 heterocycles. The van der Waals surface area contributed by atoms with Crippen LogP contribution >= 0.6 is 0 Å². The van der Waals surface area contributed by atoms with E-state index in [1.165, 1.54) is 0 Å². The van der Waals surface area contributed by atoms with Crippen LogP contribution < -0.4 is 10.2 Å². The second kappa shape index (κ2) is 8.72. The number of rotatable bonds is 4. The Morgan fingerprint density at radius 1 is 1.15 bits per heavy atom. The maximum Gasteiger partial charge on any atom is 0.417 e. The normalized spacial score (nSPS) is 20.9. The summed E-state index contributed by atoms with van der Waals surface area (Å²) in [7, 11) is 0. The topological polar surface area (TPSA) is 84.7 Å². The highest BCUT2D eigenvalue weighted by molar-refractivity contribution is 6.04. The first-order valence-electron chi connectivity index (χ1n) is 11.6. The lowest BCUT2D eigenvalue weighted by Gasteiger charge is -2.47. The average Bonchev–Trinajstić information content (AvgIpc) is 3.29. The van der Waals surface area contributed by atoms with Gasteiger partial charge in [-0.05, 0) is 49.3 Å². The van der Waals surface area contributed by atoms with E-state index < -0.39 is 17.6 Å². The number of ether oxygens (including phenoxy) is 1. The highest BCUT2D eigenvalue weighted by atomic mass is 19.4. The Kier molecular flexibility index (Phi) is 5.87. The largest absolute Gasteiger partial charge is 0.456 e. The van der Waals surface area contributed by atoms with Crippen molar-refractivity contribution in [1.29, 1.82) is 0 Å². The lowest BCUT2D eigenvalue weighted by Crippen LogP contribution is -2.47. The fraction of sp³-hybridized carbons (Fsp3) is 0.542. The van der Waals surface area contributed by atoms with Crippen LogP contribution in [0.25, 0.3) is 0 Å². The zero-order valence-electron chi connectivity index (χ0n) is 18.6. The van der Waals surface area contributed by atoms with Crippen LogP contribution in [0.1, 0.15) is 66.3 Å². The summed E-state index contributed by atoms with van der Waals surface area (Å²) in [5.41, 5.74) is -0.936. The minimum absolute atomic E-state index is 0.00974. The Morgan fingerprint density at radius 3 is 2.50 bits per heavy atom. The molecule has 3 aliphatic rings. The summed E-state index contributed by atoms with van der Waals surface area (Å²) in [6.45, 7) is 2.36. The third-order valence-electron chi connectivity index (χ3n) is 7.18. The number of furan rings is 1. The molecule has 5 rings (SSSR count). The van der Waals surface area contributed by atoms with Gasteiger partial charge in [0, 0.05) is 51.3 Å². The number of Topliss-reactive ketones (excluding diaryl/α,β-unsaturated/α-hetero) is 1. The maximum absolute atomic E-state index is 13.4. The van der Waals surface area contributed by atoms with Crippen molar-refractivity contribution in [2.75, 3.05) is 36.5 Å². The zero-order valence-corrected chi connectivity index (χ0v) is 18.6. The van der Waals surface area contributed by atoms with Crippen LogP contribution in [-0.2, 0) is 15.7 Å². The monoisotopic (exact) mass is 477 g/mol. The Morgan fingerprint density at radius 2 is 1.85 bits per heavy atom. The summed E-state index contributed by atoms with van der Waals surface area (Å²) in [6, 6.07) is 4.19. The van der Waals surface area contributed by atoms with Gasteiger partial charge >= 0.3 is 6.18 Å². The number of carbonyl (C=O) groups is 2. The summed E-state index contributed by atoms with van der Waals surface area (Å²) in [5, 5.41) is 2.59. The highest BCUT2D eigenvalue weighted by Gasteiger charge is 2.45. The molecule has 0 radical (unpaired) electrons. The zero-order chi connectivity index (χ0) is 23.9. The van der Waals surface area contributed by atoms with Gasteiger partial charge in [0.2, 0.25) is 0 Å². The fourth-order valence-corrected chi connectivity index (χ4v) is 5.15. The Balaban J connectivity index is 1.35. The second-order valence-corrected chi connectivity index (χ2v) is 9.51. The van der Waals surface area contributed by atoms with E-state index in [0.717, 1.165) is 37.9 Å². The number of alkyl halides is 3. The van der Waals surface area contributed by atoms with Gasteiger partial charge in [0.15, 0.2) is 11.6 Å². The van der Waals surface area contributed by atoms with Crippen LogP contribution in [0.5, 0.6) is 0 Å². The van der Waals surface area contributed by atoms with Crippen LogP contribution in [0.2, 0.25) is 0 Å². The van der Waals surface area contributed by atoms with Crippen molar-refractivity contribution in [3.05, 3.63) is 41.5 Å². The minimum Gasteiger partial charge on any atom is -0.456 e. The highest BCUT2D eigenvalue weighted by Crippen LogP contribution is 2.47. The molecule has 34 heavy (non-hydrogen) atoms. The van der Waals surface area contributed by atoms with Crippen LogP contribution in [0.15, 0.2) is 28.8 Å². The standard InChI is InChI=1S/C24H26F3N3O4/c25-24(26,27)16-11-18(21(28-14-16)30-7-5-23(6-8-30)12-17(31)13-23)29-22(32)20-2-1-19(34-20)15-3-9-33-10-4-15/h1-2,11,14-15H,3-10,12-13H2,(H,29,32). The van der Waals surface area contributed by atoms with Crippen molar-refractivity contribution in [2.45, 2.75) is 50.6 Å². The predicted molar refractivity (Wildman–Crippen MR) is 117 cm³/mol. The Bertz CT molecular complexity index is 1070. The Labute approximate surface area is 194 Å². The first-order chi connectivity index (χ1) is 16.2. The molecule has 2 saturated heterocycles. The predicted octanol–water partition coefficient (Wildman–Crippen LogP) is 4.79. The maximum atomic E-state index is 13.4. The molecule has 1 amide bonds. The van der Waals surface area contributed by atoms with Gasteiger partial charge in [-0.1, -0.05) is 0 Å². The number of hydrogen-bond donors (Lipinski definition) is 1. The number of nitrogens with one attached hydrogen (secondary N) is 1. The van der Waals surface area contributed by atoms with Crippen LogP contribution in [0.3, 0.4) is 0 Å². The molecule has 0 aromatic carbocycles. The SMILES string of the molecule is O=C1CC2(CCN(c3ncc(C(F)(F)F)cc3NC(=O)c3ccc(C4CCOCC4)o3)CC2)C1. The molecule has 2 aliphatic heterocycles. The van der Waals surface area contributed by atoms with Crippen molar-refractivity contribution in [3.63, 3.8) is 0 Å². The third kappa shape index (κ3) is 4.55. The van der Waals surface area contributed by atoms with E-state index >= 15 is 0 Å². The number of pyridine rings is 1. The van der Waals surface area contributed by atoms with Crippen LogP contribution in [0, 0.1) is 5.41 Å². The van der Waals surface area contributed by atoms with Gasteiger partial charge in [-0.15, -0.1) is 0 Å². The van der Waals surface area contributed by atoms with Gasteiger partial charge < -0.3 is 19.4 Å². The third-order valence-corrected chi connectivity index (χ3v) is 7.18. The smallest absolute Gasteiger partial charge is 0.417 e. The van der Waals surface area contributed by atoms with Crippen molar-refractivity contribution >= 4 is 23.2 Å². The average molecular weight is 477 g/mol. The van der Waals surface area contributed by atoms with Crippen molar-refractivity contribution in [3.8, 4) is 0 Å². The number of nitrogens with zero attached hydrogens (tertiary/aromatic N) is 2. The van der Waals surface area contributed by atoms with E-state index in [4.69, 9.17) is 9.15 Å². The van der Waals surface area contributed by atoms with Gasteiger partial charge in [0.1, 0.15) is 11.5 Å². The van der Waals surface area contributed by atoms with Crippen molar-refractivity contribution < 1.29 is 31.9 Å². The first-order valence-corrected chi connectivity index (χ1v) is 11.6. The lowest BCUT2D eigenvalue weighted by molar-refractivity contribution is -0.137. The molecule has 1 aliphatic carbocycles. The number of ketones is 1. The minimum atomic E-state index is -4.59. The van der Waals surface area contributed by atoms with Gasteiger partial charge in [-0.25, -0.2) is 4.98 Å². The molecular formula is C24H26F3N3O4. The summed E-state index contributed by atoms with van der Waals surface area (Å²) in [4.78, 5) is 30.3. The Hall–Kier alpha value is -2.88. The molecule has 0 bridgehead atoms. The molecule has 0 atom stereocenters.